The van der Waals surface area contributed by atoms with Gasteiger partial charge >= 0.3 is 10.1 Å². The molecule has 6 heteroatoms. The molecule has 0 saturated carbocycles. The largest absolute Gasteiger partial charge is 0.490 e. The zero-order chi connectivity index (χ0) is 21.7. The number of hydrogen-bond acceptors (Lipinski definition) is 5. The molecule has 0 atom stereocenters. The van der Waals surface area contributed by atoms with Gasteiger partial charge in [0.25, 0.3) is 0 Å². The van der Waals surface area contributed by atoms with Crippen LogP contribution in [0.15, 0.2) is 70.6 Å². The third-order valence-corrected chi connectivity index (χ3v) is 5.74. The molecular formula is C24H25NO4S. The van der Waals surface area contributed by atoms with Crippen LogP contribution in [-0.2, 0) is 10.1 Å². The van der Waals surface area contributed by atoms with Gasteiger partial charge in [0.1, 0.15) is 4.90 Å². The van der Waals surface area contributed by atoms with Crippen LogP contribution in [0.2, 0.25) is 0 Å². The summed E-state index contributed by atoms with van der Waals surface area (Å²) in [4.78, 5) is 4.65. The van der Waals surface area contributed by atoms with Crippen molar-refractivity contribution >= 4 is 22.0 Å². The van der Waals surface area contributed by atoms with Crippen molar-refractivity contribution in [3.8, 4) is 11.5 Å². The van der Waals surface area contributed by atoms with Crippen molar-refractivity contribution < 1.29 is 17.3 Å². The highest BCUT2D eigenvalue weighted by Crippen LogP contribution is 2.31. The highest BCUT2D eigenvalue weighted by atomic mass is 32.2. The van der Waals surface area contributed by atoms with E-state index in [9.17, 15) is 8.42 Å². The first-order valence-corrected chi connectivity index (χ1v) is 11.1. The average Bonchev–Trinajstić information content (AvgIpc) is 2.71. The van der Waals surface area contributed by atoms with E-state index in [4.69, 9.17) is 8.92 Å². The van der Waals surface area contributed by atoms with Crippen molar-refractivity contribution in [2.24, 2.45) is 4.99 Å². The molecular weight excluding hydrogens is 398 g/mol. The van der Waals surface area contributed by atoms with Gasteiger partial charge in [-0.25, -0.2) is 0 Å². The van der Waals surface area contributed by atoms with E-state index < -0.39 is 10.1 Å². The lowest BCUT2D eigenvalue weighted by Gasteiger charge is -2.12. The lowest BCUT2D eigenvalue weighted by molar-refractivity contribution is 0.327. The Morgan fingerprint density at radius 3 is 2.27 bits per heavy atom. The first kappa shape index (κ1) is 21.6. The smallest absolute Gasteiger partial charge is 0.339 e. The van der Waals surface area contributed by atoms with Crippen molar-refractivity contribution in [3.63, 3.8) is 0 Å². The number of nitrogens with zero attached hydrogens (tertiary/aromatic N) is 1. The monoisotopic (exact) mass is 423 g/mol. The van der Waals surface area contributed by atoms with Crippen LogP contribution in [0.25, 0.3) is 0 Å². The maximum Gasteiger partial charge on any atom is 0.339 e. The molecule has 0 heterocycles. The summed E-state index contributed by atoms with van der Waals surface area (Å²) in [5, 5.41) is 0. The van der Waals surface area contributed by atoms with Gasteiger partial charge in [-0.3, -0.25) is 4.99 Å². The minimum atomic E-state index is -3.96. The molecule has 0 radical (unpaired) electrons. The summed E-state index contributed by atoms with van der Waals surface area (Å²) < 4.78 is 36.2. The molecule has 0 spiro atoms. The van der Waals surface area contributed by atoms with Crippen LogP contribution in [0.4, 0.5) is 5.69 Å². The number of aryl methyl sites for hydroxylation is 3. The van der Waals surface area contributed by atoms with E-state index in [-0.39, 0.29) is 10.6 Å². The second-order valence-corrected chi connectivity index (χ2v) is 8.58. The van der Waals surface area contributed by atoms with Crippen LogP contribution in [0, 0.1) is 20.8 Å². The number of hydrogen-bond donors (Lipinski definition) is 0. The lowest BCUT2D eigenvalue weighted by atomic mass is 10.1. The Kier molecular flexibility index (Phi) is 6.57. The standard InChI is InChI=1S/C24H25NO4S/c1-5-28-24-15-20(16-25-22-14-18(3)6-9-19(22)4)10-13-23(24)29-30(26,27)21-11-7-17(2)8-12-21/h6-16H,5H2,1-4H3. The second-order valence-electron chi connectivity index (χ2n) is 7.04. The normalized spacial score (nSPS) is 11.6. The third kappa shape index (κ3) is 5.27. The van der Waals surface area contributed by atoms with Crippen LogP contribution in [0.1, 0.15) is 29.2 Å². The molecule has 3 rings (SSSR count). The molecule has 0 aromatic heterocycles. The predicted octanol–water partition coefficient (Wildman–Crippen LogP) is 5.53. The Bertz CT molecular complexity index is 1170. The molecule has 0 unspecified atom stereocenters. The summed E-state index contributed by atoms with van der Waals surface area (Å²) in [5.41, 5.74) is 4.84. The first-order valence-electron chi connectivity index (χ1n) is 9.68. The van der Waals surface area contributed by atoms with E-state index in [0.717, 1.165) is 27.9 Å². The Morgan fingerprint density at radius 2 is 1.57 bits per heavy atom. The molecule has 0 aliphatic rings. The van der Waals surface area contributed by atoms with Crippen LogP contribution in [0.3, 0.4) is 0 Å². The molecule has 156 valence electrons. The summed E-state index contributed by atoms with van der Waals surface area (Å²) in [6, 6.07) is 17.6. The van der Waals surface area contributed by atoms with Gasteiger partial charge in [0.05, 0.1) is 12.3 Å². The predicted molar refractivity (Wildman–Crippen MR) is 120 cm³/mol. The van der Waals surface area contributed by atoms with Crippen LogP contribution < -0.4 is 8.92 Å². The van der Waals surface area contributed by atoms with Crippen molar-refractivity contribution in [1.82, 2.24) is 0 Å². The molecule has 3 aromatic carbocycles. The summed E-state index contributed by atoms with van der Waals surface area (Å²) in [6.45, 7) is 8.12. The Hall–Kier alpha value is -3.12. The highest BCUT2D eigenvalue weighted by molar-refractivity contribution is 7.87. The number of benzene rings is 3. The number of rotatable bonds is 7. The molecule has 0 aliphatic heterocycles. The quantitative estimate of drug-likeness (QED) is 0.370. The topological polar surface area (TPSA) is 65.0 Å². The number of ether oxygens (including phenoxy) is 1. The molecule has 0 fully saturated rings. The zero-order valence-electron chi connectivity index (χ0n) is 17.5. The van der Waals surface area contributed by atoms with Crippen molar-refractivity contribution in [2.75, 3.05) is 6.61 Å². The van der Waals surface area contributed by atoms with Crippen molar-refractivity contribution in [2.45, 2.75) is 32.6 Å². The zero-order valence-corrected chi connectivity index (χ0v) is 18.4. The van der Waals surface area contributed by atoms with Gasteiger partial charge in [0, 0.05) is 6.21 Å². The van der Waals surface area contributed by atoms with Gasteiger partial charge in [0.2, 0.25) is 0 Å². The van der Waals surface area contributed by atoms with Gasteiger partial charge in [-0.2, -0.15) is 8.42 Å². The Balaban J connectivity index is 1.89. The van der Waals surface area contributed by atoms with E-state index >= 15 is 0 Å². The fourth-order valence-corrected chi connectivity index (χ4v) is 3.76. The van der Waals surface area contributed by atoms with Crippen molar-refractivity contribution in [3.05, 3.63) is 82.9 Å². The fourth-order valence-electron chi connectivity index (χ4n) is 2.82. The summed E-state index contributed by atoms with van der Waals surface area (Å²) in [6.07, 6.45) is 1.72. The van der Waals surface area contributed by atoms with Gasteiger partial charge in [0.15, 0.2) is 11.5 Å². The maximum atomic E-state index is 12.6. The van der Waals surface area contributed by atoms with Gasteiger partial charge in [-0.05, 0) is 80.8 Å². The molecule has 0 aliphatic carbocycles. The highest BCUT2D eigenvalue weighted by Gasteiger charge is 2.19. The van der Waals surface area contributed by atoms with E-state index in [2.05, 4.69) is 4.99 Å². The molecule has 0 bridgehead atoms. The van der Waals surface area contributed by atoms with Crippen LogP contribution in [0.5, 0.6) is 11.5 Å². The minimum Gasteiger partial charge on any atom is -0.490 e. The van der Waals surface area contributed by atoms with Gasteiger partial charge in [-0.1, -0.05) is 29.8 Å². The SMILES string of the molecule is CCOc1cc(C=Nc2cc(C)ccc2C)ccc1OS(=O)(=O)c1ccc(C)cc1. The first-order chi connectivity index (χ1) is 14.3. The summed E-state index contributed by atoms with van der Waals surface area (Å²) >= 11 is 0. The number of aliphatic imine (C=N–C) groups is 1. The fraction of sp³-hybridized carbons (Fsp3) is 0.208. The molecule has 30 heavy (non-hydrogen) atoms. The van der Waals surface area contributed by atoms with Crippen LogP contribution >= 0.6 is 0 Å². The molecule has 0 amide bonds. The van der Waals surface area contributed by atoms with Crippen molar-refractivity contribution in [1.29, 1.82) is 0 Å². The second kappa shape index (κ2) is 9.13. The summed E-state index contributed by atoms with van der Waals surface area (Å²) in [7, 11) is -3.96. The minimum absolute atomic E-state index is 0.0936. The molecule has 3 aromatic rings. The van der Waals surface area contributed by atoms with E-state index in [0.29, 0.717) is 12.4 Å². The Morgan fingerprint density at radius 1 is 0.867 bits per heavy atom. The van der Waals surface area contributed by atoms with E-state index in [1.54, 1.807) is 36.5 Å². The van der Waals surface area contributed by atoms with E-state index in [1.807, 2.05) is 45.9 Å². The molecule has 5 nitrogen and oxygen atoms in total. The Labute approximate surface area is 178 Å². The summed E-state index contributed by atoms with van der Waals surface area (Å²) in [5.74, 6) is 0.486. The lowest BCUT2D eigenvalue weighted by Crippen LogP contribution is -2.11. The molecule has 0 saturated heterocycles. The van der Waals surface area contributed by atoms with Gasteiger partial charge in [-0.15, -0.1) is 0 Å². The van der Waals surface area contributed by atoms with E-state index in [1.165, 1.54) is 12.1 Å². The third-order valence-electron chi connectivity index (χ3n) is 4.49. The maximum absolute atomic E-state index is 12.6. The van der Waals surface area contributed by atoms with Crippen LogP contribution in [-0.4, -0.2) is 21.2 Å². The average molecular weight is 424 g/mol. The van der Waals surface area contributed by atoms with Gasteiger partial charge < -0.3 is 8.92 Å². The molecule has 0 N–H and O–H groups in total.